The molecule has 5 nitrogen and oxygen atoms in total. The molecule has 1 atom stereocenters. The second kappa shape index (κ2) is 6.01. The van der Waals surface area contributed by atoms with Crippen molar-refractivity contribution in [3.63, 3.8) is 0 Å². The molecule has 1 aromatic rings. The molecule has 0 aliphatic carbocycles. The van der Waals surface area contributed by atoms with E-state index in [0.717, 1.165) is 0 Å². The second-order valence-electron chi connectivity index (χ2n) is 3.67. The van der Waals surface area contributed by atoms with Crippen molar-refractivity contribution in [2.75, 3.05) is 6.54 Å². The average Bonchev–Trinajstić information content (AvgIpc) is 2.25. The lowest BCUT2D eigenvalue weighted by Crippen LogP contribution is -2.31. The fraction of sp³-hybridized carbons (Fsp3) is 0.300. The molecule has 0 aliphatic rings. The number of hydrogen-bond acceptors (Lipinski definition) is 3. The number of aliphatic carboxylic acids is 1. The van der Waals surface area contributed by atoms with Gasteiger partial charge in [0.1, 0.15) is 4.90 Å². The molecule has 0 spiro atoms. The fourth-order valence-electron chi connectivity index (χ4n) is 1.09. The van der Waals surface area contributed by atoms with Gasteiger partial charge in [-0.25, -0.2) is 13.1 Å². The molecule has 0 fully saturated rings. The van der Waals surface area contributed by atoms with Gasteiger partial charge in [0.2, 0.25) is 10.0 Å². The van der Waals surface area contributed by atoms with Gasteiger partial charge in [-0.05, 0) is 18.2 Å². The van der Waals surface area contributed by atoms with E-state index >= 15 is 0 Å². The Morgan fingerprint density at radius 2 is 2.17 bits per heavy atom. The molecule has 100 valence electrons. The number of hydrogen-bond donors (Lipinski definition) is 2. The van der Waals surface area contributed by atoms with Crippen LogP contribution in [0.25, 0.3) is 0 Å². The summed E-state index contributed by atoms with van der Waals surface area (Å²) >= 11 is 8.99. The van der Waals surface area contributed by atoms with E-state index in [1.54, 1.807) is 6.07 Å². The Morgan fingerprint density at radius 3 is 2.67 bits per heavy atom. The van der Waals surface area contributed by atoms with Crippen LogP contribution in [-0.2, 0) is 14.8 Å². The van der Waals surface area contributed by atoms with E-state index < -0.39 is 21.9 Å². The monoisotopic (exact) mass is 355 g/mol. The lowest BCUT2D eigenvalue weighted by atomic mass is 10.2. The number of carbonyl (C=O) groups is 1. The molecule has 0 aliphatic heterocycles. The van der Waals surface area contributed by atoms with E-state index in [9.17, 15) is 13.2 Å². The standard InChI is InChI=1S/C10H11BrClNO4S/c1-6(10(14)15)5-13-18(16,17)9-3-2-7(11)4-8(9)12/h2-4,6,13H,5H2,1H3,(H,14,15). The van der Waals surface area contributed by atoms with E-state index in [1.165, 1.54) is 19.1 Å². The molecule has 1 aromatic carbocycles. The van der Waals surface area contributed by atoms with Crippen molar-refractivity contribution in [3.8, 4) is 0 Å². The Balaban J connectivity index is 2.90. The van der Waals surface area contributed by atoms with Crippen molar-refractivity contribution in [3.05, 3.63) is 27.7 Å². The lowest BCUT2D eigenvalue weighted by Gasteiger charge is -2.10. The highest BCUT2D eigenvalue weighted by molar-refractivity contribution is 9.10. The quantitative estimate of drug-likeness (QED) is 0.846. The summed E-state index contributed by atoms with van der Waals surface area (Å²) in [4.78, 5) is 10.5. The third-order valence-electron chi connectivity index (χ3n) is 2.18. The summed E-state index contributed by atoms with van der Waals surface area (Å²) in [6.45, 7) is 1.22. The minimum Gasteiger partial charge on any atom is -0.481 e. The van der Waals surface area contributed by atoms with Crippen molar-refractivity contribution in [1.82, 2.24) is 4.72 Å². The third kappa shape index (κ3) is 3.94. The van der Waals surface area contributed by atoms with Crippen LogP contribution in [-0.4, -0.2) is 26.0 Å². The van der Waals surface area contributed by atoms with Crippen LogP contribution in [0.4, 0.5) is 0 Å². The van der Waals surface area contributed by atoms with Gasteiger partial charge in [0, 0.05) is 11.0 Å². The van der Waals surface area contributed by atoms with Gasteiger partial charge in [-0.1, -0.05) is 34.5 Å². The van der Waals surface area contributed by atoms with Crippen LogP contribution in [0.1, 0.15) is 6.92 Å². The molecule has 0 saturated heterocycles. The smallest absolute Gasteiger partial charge is 0.307 e. The first-order valence-electron chi connectivity index (χ1n) is 4.91. The number of halogens is 2. The Labute approximate surface area is 118 Å². The zero-order chi connectivity index (χ0) is 13.9. The molecule has 0 aromatic heterocycles. The first kappa shape index (κ1) is 15.4. The minimum atomic E-state index is -3.80. The number of nitrogens with one attached hydrogen (secondary N) is 1. The SMILES string of the molecule is CC(CNS(=O)(=O)c1ccc(Br)cc1Cl)C(=O)O. The maximum atomic E-state index is 11.9. The number of sulfonamides is 1. The predicted octanol–water partition coefficient (Wildman–Crippen LogP) is 2.10. The van der Waals surface area contributed by atoms with Gasteiger partial charge in [0.25, 0.3) is 0 Å². The summed E-state index contributed by atoms with van der Waals surface area (Å²) in [7, 11) is -3.80. The minimum absolute atomic E-state index is 0.0693. The molecule has 0 amide bonds. The molecular weight excluding hydrogens is 346 g/mol. The predicted molar refractivity (Wildman–Crippen MR) is 71.1 cm³/mol. The van der Waals surface area contributed by atoms with E-state index in [0.29, 0.717) is 4.47 Å². The van der Waals surface area contributed by atoms with Gasteiger partial charge >= 0.3 is 5.97 Å². The van der Waals surface area contributed by atoms with Crippen LogP contribution in [0.2, 0.25) is 5.02 Å². The molecule has 0 bridgehead atoms. The Bertz CT molecular complexity index is 561. The molecule has 0 heterocycles. The van der Waals surface area contributed by atoms with Crippen LogP contribution in [0.15, 0.2) is 27.6 Å². The summed E-state index contributed by atoms with van der Waals surface area (Å²) in [6, 6.07) is 4.35. The maximum absolute atomic E-state index is 11.9. The first-order chi connectivity index (χ1) is 8.24. The van der Waals surface area contributed by atoms with Crippen LogP contribution in [0.3, 0.4) is 0 Å². The van der Waals surface area contributed by atoms with Gasteiger partial charge in [0.15, 0.2) is 0 Å². The normalized spacial score (nSPS) is 13.3. The first-order valence-corrected chi connectivity index (χ1v) is 7.57. The van der Waals surface area contributed by atoms with Crippen LogP contribution in [0, 0.1) is 5.92 Å². The molecule has 8 heteroatoms. The summed E-state index contributed by atoms with van der Waals surface area (Å²) in [5.74, 6) is -1.88. The van der Waals surface area contributed by atoms with Gasteiger partial charge in [-0.15, -0.1) is 0 Å². The molecule has 0 radical (unpaired) electrons. The average molecular weight is 357 g/mol. The number of carboxylic acid groups (broad SMARTS) is 1. The zero-order valence-electron chi connectivity index (χ0n) is 9.35. The van der Waals surface area contributed by atoms with Crippen molar-refractivity contribution in [1.29, 1.82) is 0 Å². The highest BCUT2D eigenvalue weighted by Crippen LogP contribution is 2.25. The lowest BCUT2D eigenvalue weighted by molar-refractivity contribution is -0.140. The summed E-state index contributed by atoms with van der Waals surface area (Å²) in [5, 5.41) is 8.74. The summed E-state index contributed by atoms with van der Waals surface area (Å²) < 4.78 is 26.6. The van der Waals surface area contributed by atoms with Gasteiger partial charge in [-0.2, -0.15) is 0 Å². The fourth-order valence-corrected chi connectivity index (χ4v) is 3.26. The third-order valence-corrected chi connectivity index (χ3v) is 4.58. The van der Waals surface area contributed by atoms with Gasteiger partial charge < -0.3 is 5.11 Å². The maximum Gasteiger partial charge on any atom is 0.307 e. The molecule has 2 N–H and O–H groups in total. The van der Waals surface area contributed by atoms with E-state index in [1.807, 2.05) is 0 Å². The number of rotatable bonds is 5. The number of benzene rings is 1. The second-order valence-corrected chi connectivity index (χ2v) is 6.72. The van der Waals surface area contributed by atoms with E-state index in [4.69, 9.17) is 16.7 Å². The van der Waals surface area contributed by atoms with Crippen LogP contribution in [0.5, 0.6) is 0 Å². The summed E-state index contributed by atoms with van der Waals surface area (Å²) in [6.07, 6.45) is 0. The highest BCUT2D eigenvalue weighted by atomic mass is 79.9. The molecule has 18 heavy (non-hydrogen) atoms. The molecule has 1 rings (SSSR count). The molecular formula is C10H11BrClNO4S. The van der Waals surface area contributed by atoms with Crippen molar-refractivity contribution in [2.45, 2.75) is 11.8 Å². The zero-order valence-corrected chi connectivity index (χ0v) is 12.5. The molecule has 0 saturated carbocycles. The van der Waals surface area contributed by atoms with Crippen molar-refractivity contribution < 1.29 is 18.3 Å². The van der Waals surface area contributed by atoms with Crippen LogP contribution >= 0.6 is 27.5 Å². The van der Waals surface area contributed by atoms with Crippen LogP contribution < -0.4 is 4.72 Å². The highest BCUT2D eigenvalue weighted by Gasteiger charge is 2.20. The Morgan fingerprint density at radius 1 is 1.56 bits per heavy atom. The topological polar surface area (TPSA) is 83.5 Å². The molecule has 1 unspecified atom stereocenters. The largest absolute Gasteiger partial charge is 0.481 e. The Kier molecular flexibility index (Phi) is 5.15. The van der Waals surface area contributed by atoms with Crippen molar-refractivity contribution >= 4 is 43.5 Å². The van der Waals surface area contributed by atoms with Gasteiger partial charge in [-0.3, -0.25) is 4.79 Å². The van der Waals surface area contributed by atoms with E-state index in [-0.39, 0.29) is 16.5 Å². The summed E-state index contributed by atoms with van der Waals surface area (Å²) in [5.41, 5.74) is 0. The number of carboxylic acids is 1. The van der Waals surface area contributed by atoms with E-state index in [2.05, 4.69) is 20.7 Å². The Hall–Kier alpha value is -0.630. The van der Waals surface area contributed by atoms with Gasteiger partial charge in [0.05, 0.1) is 10.9 Å². The van der Waals surface area contributed by atoms with Crippen molar-refractivity contribution in [2.24, 2.45) is 5.92 Å².